The second kappa shape index (κ2) is 23.4. The first-order chi connectivity index (χ1) is 21.6. The molecular formula is C32H42Cl2N12. The number of nitrogens with two attached hydrogens (primary N) is 2. The van der Waals surface area contributed by atoms with Crippen LogP contribution in [0.2, 0.25) is 0 Å². The highest BCUT2D eigenvalue weighted by atomic mass is 35.5. The molecular weight excluding hydrogens is 623 g/mol. The molecule has 5 aromatic rings. The fourth-order valence-electron chi connectivity index (χ4n) is 4.17. The summed E-state index contributed by atoms with van der Waals surface area (Å²) in [4.78, 5) is 16.4. The van der Waals surface area contributed by atoms with Gasteiger partial charge in [0.15, 0.2) is 11.9 Å². The summed E-state index contributed by atoms with van der Waals surface area (Å²) >= 11 is 0. The Kier molecular flexibility index (Phi) is 19.9. The van der Waals surface area contributed by atoms with Crippen LogP contribution in [0.5, 0.6) is 0 Å². The van der Waals surface area contributed by atoms with Crippen molar-refractivity contribution in [1.82, 2.24) is 34.9 Å². The minimum atomic E-state index is 0. The van der Waals surface area contributed by atoms with E-state index >= 15 is 0 Å². The van der Waals surface area contributed by atoms with Gasteiger partial charge >= 0.3 is 0 Å². The molecule has 0 bridgehead atoms. The molecule has 0 radical (unpaired) electrons. The number of nitrogens with one attached hydrogen (secondary N) is 2. The molecule has 0 amide bonds. The van der Waals surface area contributed by atoms with Crippen LogP contribution in [0.3, 0.4) is 0 Å². The molecule has 0 saturated carbocycles. The third-order valence-electron chi connectivity index (χ3n) is 6.40. The van der Waals surface area contributed by atoms with E-state index in [0.717, 1.165) is 75.0 Å². The highest BCUT2D eigenvalue weighted by molar-refractivity contribution is 5.85. The number of hydrogen-bond acceptors (Lipinski definition) is 7. The van der Waals surface area contributed by atoms with E-state index in [2.05, 4.69) is 82.6 Å². The average molecular weight is 666 g/mol. The lowest BCUT2D eigenvalue weighted by molar-refractivity contribution is 0.558. The van der Waals surface area contributed by atoms with Gasteiger partial charge in [0.05, 0.1) is 18.1 Å². The van der Waals surface area contributed by atoms with Gasteiger partial charge in [-0.25, -0.2) is 9.97 Å². The van der Waals surface area contributed by atoms with Crippen molar-refractivity contribution in [3.63, 3.8) is 0 Å². The van der Waals surface area contributed by atoms with Crippen LogP contribution in [0.25, 0.3) is 10.4 Å². The lowest BCUT2D eigenvalue weighted by Gasteiger charge is -2.01. The van der Waals surface area contributed by atoms with Crippen LogP contribution in [0.4, 0.5) is 11.9 Å². The van der Waals surface area contributed by atoms with Gasteiger partial charge in [0.2, 0.25) is 0 Å². The van der Waals surface area contributed by atoms with E-state index in [-0.39, 0.29) is 24.8 Å². The van der Waals surface area contributed by atoms with Gasteiger partial charge in [-0.1, -0.05) is 71.0 Å². The smallest absolute Gasteiger partial charge is 0.197 e. The molecule has 0 aliphatic rings. The molecule has 14 heteroatoms. The molecule has 3 heterocycles. The number of aromatic nitrogens is 7. The van der Waals surface area contributed by atoms with Crippen molar-refractivity contribution in [3.05, 3.63) is 118 Å². The number of imidazole rings is 2. The predicted octanol–water partition coefficient (Wildman–Crippen LogP) is 6.33. The summed E-state index contributed by atoms with van der Waals surface area (Å²) in [5.74, 6) is 3.45. The van der Waals surface area contributed by atoms with Gasteiger partial charge in [-0.3, -0.25) is 4.68 Å². The first-order valence-electron chi connectivity index (χ1n) is 14.6. The number of terminal acetylenes is 1. The summed E-state index contributed by atoms with van der Waals surface area (Å²) in [6, 6.07) is 20.7. The van der Waals surface area contributed by atoms with Crippen LogP contribution in [-0.2, 0) is 38.6 Å². The zero-order valence-electron chi connectivity index (χ0n) is 25.7. The summed E-state index contributed by atoms with van der Waals surface area (Å²) in [7, 11) is 0. The van der Waals surface area contributed by atoms with Gasteiger partial charge in [0.1, 0.15) is 0 Å². The second-order valence-electron chi connectivity index (χ2n) is 9.90. The van der Waals surface area contributed by atoms with E-state index in [0.29, 0.717) is 18.4 Å². The third-order valence-corrected chi connectivity index (χ3v) is 6.40. The summed E-state index contributed by atoms with van der Waals surface area (Å²) in [6.45, 7) is 1.48. The summed E-state index contributed by atoms with van der Waals surface area (Å²) in [6.07, 6.45) is 17.8. The average Bonchev–Trinajstić information content (AvgIpc) is 3.80. The van der Waals surface area contributed by atoms with Crippen LogP contribution in [-0.4, -0.2) is 41.5 Å². The van der Waals surface area contributed by atoms with Gasteiger partial charge < -0.3 is 21.4 Å². The molecule has 244 valence electrons. The van der Waals surface area contributed by atoms with Gasteiger partial charge in [0.25, 0.3) is 0 Å². The number of nitrogen functional groups attached to an aromatic ring is 2. The molecule has 0 unspecified atom stereocenters. The van der Waals surface area contributed by atoms with Gasteiger partial charge in [-0.05, 0) is 55.2 Å². The van der Waals surface area contributed by atoms with Crippen molar-refractivity contribution >= 4 is 36.7 Å². The molecule has 2 aromatic carbocycles. The summed E-state index contributed by atoms with van der Waals surface area (Å²) < 4.78 is 1.92. The minimum absolute atomic E-state index is 0. The number of rotatable bonds is 13. The largest absolute Gasteiger partial charge is 0.369 e. The van der Waals surface area contributed by atoms with Gasteiger partial charge in [0, 0.05) is 48.4 Å². The fraction of sp³-hybridized carbons (Fsp3) is 0.312. The van der Waals surface area contributed by atoms with Crippen LogP contribution in [0.1, 0.15) is 47.5 Å². The van der Waals surface area contributed by atoms with Crippen LogP contribution in [0.15, 0.2) is 84.4 Å². The normalized spacial score (nSPS) is 9.54. The van der Waals surface area contributed by atoms with E-state index in [9.17, 15) is 0 Å². The SMILES string of the molecule is C#CCCc1cnc(N)[nH]1.Cl.Cl.Nc1ncc(CCc2cn(CCCc3ccccc3)nn2)[nH]1.[N-]=[N+]=NCCCc1ccccc1. The van der Waals surface area contributed by atoms with E-state index < -0.39 is 0 Å². The molecule has 6 N–H and O–H groups in total. The Morgan fingerprint density at radius 3 is 1.89 bits per heavy atom. The van der Waals surface area contributed by atoms with Crippen molar-refractivity contribution in [1.29, 1.82) is 0 Å². The van der Waals surface area contributed by atoms with Crippen LogP contribution >= 0.6 is 24.8 Å². The highest BCUT2D eigenvalue weighted by Gasteiger charge is 2.04. The van der Waals surface area contributed by atoms with E-state index in [1.54, 1.807) is 12.4 Å². The Hall–Kier alpha value is -4.95. The number of nitrogens with zero attached hydrogens (tertiary/aromatic N) is 8. The Morgan fingerprint density at radius 2 is 1.37 bits per heavy atom. The number of halogens is 2. The zero-order chi connectivity index (χ0) is 31.2. The second-order valence-corrected chi connectivity index (χ2v) is 9.90. The third kappa shape index (κ3) is 16.2. The molecule has 5 rings (SSSR count). The first kappa shape index (κ1) is 39.1. The molecule has 0 fully saturated rings. The van der Waals surface area contributed by atoms with Crippen molar-refractivity contribution in [2.24, 2.45) is 5.11 Å². The summed E-state index contributed by atoms with van der Waals surface area (Å²) in [5.41, 5.74) is 24.6. The van der Waals surface area contributed by atoms with Crippen LogP contribution in [0, 0.1) is 12.3 Å². The molecule has 0 spiro atoms. The van der Waals surface area contributed by atoms with Crippen molar-refractivity contribution in [3.8, 4) is 12.3 Å². The highest BCUT2D eigenvalue weighted by Crippen LogP contribution is 2.07. The summed E-state index contributed by atoms with van der Waals surface area (Å²) in [5, 5.41) is 11.9. The maximum atomic E-state index is 8.02. The topological polar surface area (TPSA) is 189 Å². The number of benzene rings is 2. The maximum absolute atomic E-state index is 8.02. The quantitative estimate of drug-likeness (QED) is 0.0374. The molecule has 0 atom stereocenters. The minimum Gasteiger partial charge on any atom is -0.369 e. The Bertz CT molecular complexity index is 1570. The number of H-pyrrole nitrogens is 2. The zero-order valence-corrected chi connectivity index (χ0v) is 27.3. The molecule has 12 nitrogen and oxygen atoms in total. The van der Waals surface area contributed by atoms with Gasteiger partial charge in [-0.2, -0.15) is 0 Å². The number of aromatic amines is 2. The molecule has 0 aliphatic carbocycles. The maximum Gasteiger partial charge on any atom is 0.197 e. The fourth-order valence-corrected chi connectivity index (χ4v) is 4.17. The van der Waals surface area contributed by atoms with E-state index in [1.807, 2.05) is 35.1 Å². The Balaban J connectivity index is 0.000000375. The van der Waals surface area contributed by atoms with Crippen molar-refractivity contribution in [2.45, 2.75) is 57.9 Å². The molecule has 46 heavy (non-hydrogen) atoms. The van der Waals surface area contributed by atoms with E-state index in [1.165, 1.54) is 11.1 Å². The first-order valence-corrected chi connectivity index (χ1v) is 14.6. The van der Waals surface area contributed by atoms with E-state index in [4.69, 9.17) is 23.4 Å². The number of hydrogen-bond donors (Lipinski definition) is 4. The van der Waals surface area contributed by atoms with Crippen molar-refractivity contribution in [2.75, 3.05) is 18.0 Å². The molecule has 3 aromatic heterocycles. The van der Waals surface area contributed by atoms with Crippen LogP contribution < -0.4 is 11.5 Å². The lowest BCUT2D eigenvalue weighted by Crippen LogP contribution is -2.00. The lowest BCUT2D eigenvalue weighted by atomic mass is 10.1. The Labute approximate surface area is 282 Å². The molecule has 0 saturated heterocycles. The number of anilines is 2. The number of azide groups is 1. The predicted molar refractivity (Wildman–Crippen MR) is 189 cm³/mol. The standard InChI is InChI=1S/C16H20N6.C9H11N3.C7H9N3.2ClH/c17-16-18-11-14(19-16)8-9-15-12-22(21-20-15)10-4-7-13-5-2-1-3-6-13;10-12-11-8-4-7-9-5-2-1-3-6-9;1-2-3-4-6-5-9-7(8)10-6;;/h1-3,5-6,11-12H,4,7-10H2,(H3,17,18,19);1-3,5-6H,4,7-8H2;1,5H,3-4H2,(H3,8,9,10);2*1H. The number of aryl methyl sites for hydroxylation is 6. The monoisotopic (exact) mass is 664 g/mol. The Morgan fingerprint density at radius 1 is 0.804 bits per heavy atom. The van der Waals surface area contributed by atoms with Crippen molar-refractivity contribution < 1.29 is 0 Å². The van der Waals surface area contributed by atoms with Gasteiger partial charge in [-0.15, -0.1) is 42.3 Å². The molecule has 0 aliphatic heterocycles.